The third-order valence-electron chi connectivity index (χ3n) is 3.03. The summed E-state index contributed by atoms with van der Waals surface area (Å²) < 4.78 is 13.0. The van der Waals surface area contributed by atoms with Gasteiger partial charge in [0.05, 0.1) is 0 Å². The van der Waals surface area contributed by atoms with Crippen LogP contribution in [0, 0.1) is 12.7 Å². The molecule has 0 aliphatic carbocycles. The van der Waals surface area contributed by atoms with Crippen molar-refractivity contribution in [1.82, 2.24) is 0 Å². The zero-order valence-electron chi connectivity index (χ0n) is 11.5. The maximum absolute atomic E-state index is 13.0. The molecule has 2 rings (SSSR count). The number of hydrogen-bond donors (Lipinski definition) is 2. The average Bonchev–Trinajstić information content (AvgIpc) is 2.42. The van der Waals surface area contributed by atoms with Crippen LogP contribution in [0.2, 0.25) is 0 Å². The highest BCUT2D eigenvalue weighted by Gasteiger charge is 2.03. The molecule has 0 bridgehead atoms. The van der Waals surface area contributed by atoms with Crippen LogP contribution in [0.15, 0.2) is 42.5 Å². The van der Waals surface area contributed by atoms with Gasteiger partial charge in [0, 0.05) is 11.4 Å². The van der Waals surface area contributed by atoms with Crippen LogP contribution in [0.5, 0.6) is 0 Å². The van der Waals surface area contributed by atoms with E-state index >= 15 is 0 Å². The van der Waals surface area contributed by atoms with Crippen LogP contribution in [-0.2, 0) is 6.42 Å². The first-order chi connectivity index (χ1) is 9.58. The molecule has 0 saturated heterocycles. The normalized spacial score (nSPS) is 10.2. The summed E-state index contributed by atoms with van der Waals surface area (Å²) in [6.07, 6.45) is 0.979. The number of thiocarbonyl (C=S) groups is 1. The molecule has 0 fully saturated rings. The predicted molar refractivity (Wildman–Crippen MR) is 86.8 cm³/mol. The van der Waals surface area contributed by atoms with Gasteiger partial charge < -0.3 is 10.6 Å². The molecular formula is C16H17FN2S. The Morgan fingerprint density at radius 2 is 1.95 bits per heavy atom. The lowest BCUT2D eigenvalue weighted by molar-refractivity contribution is 0.627. The van der Waals surface area contributed by atoms with Gasteiger partial charge in [-0.1, -0.05) is 19.1 Å². The molecular weight excluding hydrogens is 271 g/mol. The van der Waals surface area contributed by atoms with Gasteiger partial charge in [0.1, 0.15) is 5.82 Å². The molecule has 2 aromatic carbocycles. The molecule has 20 heavy (non-hydrogen) atoms. The minimum absolute atomic E-state index is 0.248. The quantitative estimate of drug-likeness (QED) is 0.813. The molecule has 0 unspecified atom stereocenters. The van der Waals surface area contributed by atoms with Crippen molar-refractivity contribution >= 4 is 28.7 Å². The zero-order chi connectivity index (χ0) is 14.5. The molecule has 0 heterocycles. The standard InChI is InChI=1S/C16H17FN2S/c1-3-12-5-4-6-14(10-12)18-16(20)19-15-8-7-13(17)9-11(15)2/h4-10H,3H2,1-2H3,(H2,18,19,20). The highest BCUT2D eigenvalue weighted by Crippen LogP contribution is 2.17. The molecule has 0 aromatic heterocycles. The Morgan fingerprint density at radius 1 is 1.15 bits per heavy atom. The molecule has 104 valence electrons. The lowest BCUT2D eigenvalue weighted by atomic mass is 10.1. The number of halogens is 1. The Hall–Kier alpha value is -1.94. The third-order valence-corrected chi connectivity index (χ3v) is 3.23. The summed E-state index contributed by atoms with van der Waals surface area (Å²) in [5.41, 5.74) is 3.81. The summed E-state index contributed by atoms with van der Waals surface area (Å²) in [4.78, 5) is 0. The largest absolute Gasteiger partial charge is 0.332 e. The summed E-state index contributed by atoms with van der Waals surface area (Å²) in [7, 11) is 0. The molecule has 2 nitrogen and oxygen atoms in total. The number of rotatable bonds is 3. The Balaban J connectivity index is 2.05. The van der Waals surface area contributed by atoms with Crippen LogP contribution in [0.4, 0.5) is 15.8 Å². The minimum Gasteiger partial charge on any atom is -0.332 e. The van der Waals surface area contributed by atoms with Gasteiger partial charge in [-0.3, -0.25) is 0 Å². The van der Waals surface area contributed by atoms with Gasteiger partial charge in [-0.25, -0.2) is 4.39 Å². The third kappa shape index (κ3) is 3.78. The van der Waals surface area contributed by atoms with Crippen LogP contribution < -0.4 is 10.6 Å². The van der Waals surface area contributed by atoms with Crippen LogP contribution in [0.3, 0.4) is 0 Å². The summed E-state index contributed by atoms with van der Waals surface area (Å²) in [6, 6.07) is 12.7. The first-order valence-electron chi connectivity index (χ1n) is 6.51. The van der Waals surface area contributed by atoms with Gasteiger partial charge in [-0.2, -0.15) is 0 Å². The van der Waals surface area contributed by atoms with E-state index in [-0.39, 0.29) is 5.82 Å². The molecule has 2 N–H and O–H groups in total. The van der Waals surface area contributed by atoms with E-state index in [1.165, 1.54) is 17.7 Å². The Bertz CT molecular complexity index is 626. The van der Waals surface area contributed by atoms with E-state index in [4.69, 9.17) is 12.2 Å². The summed E-state index contributed by atoms with van der Waals surface area (Å²) in [6.45, 7) is 3.95. The Morgan fingerprint density at radius 3 is 2.65 bits per heavy atom. The van der Waals surface area contributed by atoms with Gasteiger partial charge in [0.2, 0.25) is 0 Å². The molecule has 0 spiro atoms. The summed E-state index contributed by atoms with van der Waals surface area (Å²) >= 11 is 5.27. The molecule has 0 atom stereocenters. The van der Waals surface area contributed by atoms with Crippen molar-refractivity contribution in [2.24, 2.45) is 0 Å². The van der Waals surface area contributed by atoms with Crippen LogP contribution in [0.25, 0.3) is 0 Å². The maximum atomic E-state index is 13.0. The van der Waals surface area contributed by atoms with Crippen molar-refractivity contribution in [2.75, 3.05) is 10.6 Å². The lowest BCUT2D eigenvalue weighted by Crippen LogP contribution is -2.19. The van der Waals surface area contributed by atoms with E-state index in [0.29, 0.717) is 5.11 Å². The molecule has 2 aromatic rings. The van der Waals surface area contributed by atoms with Gasteiger partial charge in [-0.05, 0) is 67.0 Å². The zero-order valence-corrected chi connectivity index (χ0v) is 12.4. The summed E-state index contributed by atoms with van der Waals surface area (Å²) in [5.74, 6) is -0.248. The second-order valence-corrected chi connectivity index (χ2v) is 5.00. The topological polar surface area (TPSA) is 24.1 Å². The van der Waals surface area contributed by atoms with Crippen molar-refractivity contribution in [3.63, 3.8) is 0 Å². The molecule has 0 amide bonds. The van der Waals surface area contributed by atoms with Crippen molar-refractivity contribution in [1.29, 1.82) is 0 Å². The average molecular weight is 288 g/mol. The second-order valence-electron chi connectivity index (χ2n) is 4.59. The van der Waals surface area contributed by atoms with E-state index in [9.17, 15) is 4.39 Å². The van der Waals surface area contributed by atoms with E-state index in [0.717, 1.165) is 23.4 Å². The van der Waals surface area contributed by atoms with E-state index < -0.39 is 0 Å². The maximum Gasteiger partial charge on any atom is 0.175 e. The van der Waals surface area contributed by atoms with Gasteiger partial charge in [0.25, 0.3) is 0 Å². The summed E-state index contributed by atoms with van der Waals surface area (Å²) in [5, 5.41) is 6.70. The molecule has 0 aliphatic heterocycles. The molecule has 0 saturated carbocycles. The number of anilines is 2. The van der Waals surface area contributed by atoms with E-state index in [2.05, 4.69) is 29.7 Å². The monoisotopic (exact) mass is 288 g/mol. The van der Waals surface area contributed by atoms with Crippen LogP contribution >= 0.6 is 12.2 Å². The smallest absolute Gasteiger partial charge is 0.175 e. The Kier molecular flexibility index (Phi) is 4.69. The SMILES string of the molecule is CCc1cccc(NC(=S)Nc2ccc(F)cc2C)c1. The first kappa shape index (κ1) is 14.5. The van der Waals surface area contributed by atoms with Gasteiger partial charge in [-0.15, -0.1) is 0 Å². The van der Waals surface area contributed by atoms with Crippen molar-refractivity contribution in [3.8, 4) is 0 Å². The van der Waals surface area contributed by atoms with Gasteiger partial charge >= 0.3 is 0 Å². The fraction of sp³-hybridized carbons (Fsp3) is 0.188. The molecule has 0 radical (unpaired) electrons. The fourth-order valence-corrected chi connectivity index (χ4v) is 2.15. The number of hydrogen-bond acceptors (Lipinski definition) is 1. The van der Waals surface area contributed by atoms with Crippen LogP contribution in [-0.4, -0.2) is 5.11 Å². The highest BCUT2D eigenvalue weighted by molar-refractivity contribution is 7.80. The predicted octanol–water partition coefficient (Wildman–Crippen LogP) is 4.51. The molecule has 0 aliphatic rings. The number of benzene rings is 2. The van der Waals surface area contributed by atoms with Crippen molar-refractivity contribution in [2.45, 2.75) is 20.3 Å². The molecule has 4 heteroatoms. The Labute approximate surface area is 124 Å². The van der Waals surface area contributed by atoms with Crippen LogP contribution in [0.1, 0.15) is 18.1 Å². The fourth-order valence-electron chi connectivity index (χ4n) is 1.92. The lowest BCUT2D eigenvalue weighted by Gasteiger charge is -2.13. The highest BCUT2D eigenvalue weighted by atomic mass is 32.1. The number of nitrogens with one attached hydrogen (secondary N) is 2. The van der Waals surface area contributed by atoms with Crippen molar-refractivity contribution < 1.29 is 4.39 Å². The first-order valence-corrected chi connectivity index (χ1v) is 6.92. The van der Waals surface area contributed by atoms with Crippen molar-refractivity contribution in [3.05, 3.63) is 59.4 Å². The number of aryl methyl sites for hydroxylation is 2. The van der Waals surface area contributed by atoms with E-state index in [1.54, 1.807) is 6.07 Å². The second kappa shape index (κ2) is 6.48. The minimum atomic E-state index is -0.248. The van der Waals surface area contributed by atoms with E-state index in [1.807, 2.05) is 19.1 Å². The van der Waals surface area contributed by atoms with Gasteiger partial charge in [0.15, 0.2) is 5.11 Å².